The SMILES string of the molecule is Cc1ccc(NC(=O)CSc2nnc([C@@H]3CCS(=O)(=O)C3)o2)cc1C. The first kappa shape index (κ1) is 17.9. The maximum absolute atomic E-state index is 12.0. The molecule has 0 radical (unpaired) electrons. The number of carbonyl (C=O) groups excluding carboxylic acids is 1. The number of nitrogens with one attached hydrogen (secondary N) is 1. The first-order valence-electron chi connectivity index (χ1n) is 7.86. The Hall–Kier alpha value is -1.87. The van der Waals surface area contributed by atoms with Crippen molar-refractivity contribution in [3.8, 4) is 0 Å². The molecule has 0 spiro atoms. The Morgan fingerprint density at radius 1 is 1.32 bits per heavy atom. The van der Waals surface area contributed by atoms with Crippen molar-refractivity contribution in [2.45, 2.75) is 31.4 Å². The van der Waals surface area contributed by atoms with Crippen molar-refractivity contribution in [2.75, 3.05) is 22.6 Å². The number of thioether (sulfide) groups is 1. The van der Waals surface area contributed by atoms with Crippen LogP contribution >= 0.6 is 11.8 Å². The van der Waals surface area contributed by atoms with Gasteiger partial charge in [0.15, 0.2) is 9.84 Å². The van der Waals surface area contributed by atoms with Crippen LogP contribution in [0, 0.1) is 13.8 Å². The van der Waals surface area contributed by atoms with Gasteiger partial charge in [-0.1, -0.05) is 17.8 Å². The van der Waals surface area contributed by atoms with Gasteiger partial charge >= 0.3 is 0 Å². The molecule has 3 rings (SSSR count). The Kier molecular flexibility index (Phi) is 5.14. The largest absolute Gasteiger partial charge is 0.416 e. The number of hydrogen-bond donors (Lipinski definition) is 1. The minimum atomic E-state index is -3.00. The number of aryl methyl sites for hydroxylation is 2. The molecule has 2 heterocycles. The standard InChI is InChI=1S/C16H19N3O4S2/c1-10-3-4-13(7-11(10)2)17-14(20)8-24-16-19-18-15(23-16)12-5-6-25(21,22)9-12/h3-4,7,12H,5-6,8-9H2,1-2H3,(H,17,20)/t12-/m1/s1. The van der Waals surface area contributed by atoms with Crippen LogP contribution in [-0.4, -0.2) is 41.8 Å². The second kappa shape index (κ2) is 7.17. The first-order valence-corrected chi connectivity index (χ1v) is 10.7. The fourth-order valence-corrected chi connectivity index (χ4v) is 4.88. The molecule has 1 aromatic carbocycles. The molecule has 1 N–H and O–H groups in total. The quantitative estimate of drug-likeness (QED) is 0.793. The summed E-state index contributed by atoms with van der Waals surface area (Å²) in [5.74, 6) is 0.260. The Bertz CT molecular complexity index is 893. The van der Waals surface area contributed by atoms with Crippen LogP contribution in [0.15, 0.2) is 27.8 Å². The lowest BCUT2D eigenvalue weighted by atomic mass is 10.1. The van der Waals surface area contributed by atoms with Crippen molar-refractivity contribution in [1.82, 2.24) is 10.2 Å². The molecular formula is C16H19N3O4S2. The van der Waals surface area contributed by atoms with Crippen LogP contribution in [0.25, 0.3) is 0 Å². The van der Waals surface area contributed by atoms with Gasteiger partial charge in [-0.15, -0.1) is 10.2 Å². The second-order valence-corrected chi connectivity index (χ2v) is 9.30. The van der Waals surface area contributed by atoms with Gasteiger partial charge < -0.3 is 9.73 Å². The molecule has 1 saturated heterocycles. The van der Waals surface area contributed by atoms with Gasteiger partial charge in [0.2, 0.25) is 11.8 Å². The number of anilines is 1. The van der Waals surface area contributed by atoms with Gasteiger partial charge in [-0.05, 0) is 43.5 Å². The molecule has 1 fully saturated rings. The summed E-state index contributed by atoms with van der Waals surface area (Å²) in [6, 6.07) is 5.73. The smallest absolute Gasteiger partial charge is 0.277 e. The lowest BCUT2D eigenvalue weighted by Gasteiger charge is -2.06. The van der Waals surface area contributed by atoms with E-state index in [-0.39, 0.29) is 34.3 Å². The highest BCUT2D eigenvalue weighted by Gasteiger charge is 2.32. The number of carbonyl (C=O) groups is 1. The molecule has 0 unspecified atom stereocenters. The predicted octanol–water partition coefficient (Wildman–Crippen LogP) is 2.32. The summed E-state index contributed by atoms with van der Waals surface area (Å²) >= 11 is 1.13. The summed E-state index contributed by atoms with van der Waals surface area (Å²) in [6.45, 7) is 4.00. The highest BCUT2D eigenvalue weighted by Crippen LogP contribution is 2.29. The Morgan fingerprint density at radius 3 is 2.80 bits per heavy atom. The molecule has 0 aliphatic carbocycles. The van der Waals surface area contributed by atoms with E-state index in [9.17, 15) is 13.2 Å². The van der Waals surface area contributed by atoms with E-state index >= 15 is 0 Å². The van der Waals surface area contributed by atoms with Crippen LogP contribution in [0.5, 0.6) is 0 Å². The minimum Gasteiger partial charge on any atom is -0.416 e. The molecule has 25 heavy (non-hydrogen) atoms. The number of sulfone groups is 1. The van der Waals surface area contributed by atoms with E-state index in [0.717, 1.165) is 23.0 Å². The number of aromatic nitrogens is 2. The van der Waals surface area contributed by atoms with Crippen LogP contribution in [0.4, 0.5) is 5.69 Å². The number of rotatable bonds is 5. The van der Waals surface area contributed by atoms with E-state index in [1.165, 1.54) is 5.56 Å². The predicted molar refractivity (Wildman–Crippen MR) is 95.6 cm³/mol. The maximum atomic E-state index is 12.0. The number of benzene rings is 1. The fourth-order valence-electron chi connectivity index (χ4n) is 2.58. The van der Waals surface area contributed by atoms with Gasteiger partial charge in [0.05, 0.1) is 23.2 Å². The van der Waals surface area contributed by atoms with E-state index in [0.29, 0.717) is 12.3 Å². The summed E-state index contributed by atoms with van der Waals surface area (Å²) in [7, 11) is -3.00. The molecule has 0 saturated carbocycles. The van der Waals surface area contributed by atoms with Crippen molar-refractivity contribution in [2.24, 2.45) is 0 Å². The minimum absolute atomic E-state index is 0.0482. The molecule has 1 aliphatic heterocycles. The van der Waals surface area contributed by atoms with Crippen molar-refractivity contribution in [3.63, 3.8) is 0 Å². The lowest BCUT2D eigenvalue weighted by Crippen LogP contribution is -2.14. The van der Waals surface area contributed by atoms with Gasteiger partial charge in [0, 0.05) is 5.69 Å². The number of amides is 1. The first-order chi connectivity index (χ1) is 11.8. The monoisotopic (exact) mass is 381 g/mol. The summed E-state index contributed by atoms with van der Waals surface area (Å²) in [5, 5.41) is 10.9. The zero-order valence-corrected chi connectivity index (χ0v) is 15.6. The van der Waals surface area contributed by atoms with E-state index < -0.39 is 9.84 Å². The van der Waals surface area contributed by atoms with E-state index in [2.05, 4.69) is 15.5 Å². The molecule has 1 amide bonds. The van der Waals surface area contributed by atoms with Crippen molar-refractivity contribution in [1.29, 1.82) is 0 Å². The Balaban J connectivity index is 1.53. The van der Waals surface area contributed by atoms with Crippen LogP contribution < -0.4 is 5.32 Å². The van der Waals surface area contributed by atoms with E-state index in [1.54, 1.807) is 0 Å². The molecule has 0 bridgehead atoms. The van der Waals surface area contributed by atoms with Gasteiger partial charge in [-0.2, -0.15) is 0 Å². The Labute approximate surface area is 150 Å². The van der Waals surface area contributed by atoms with Gasteiger partial charge in [-0.3, -0.25) is 4.79 Å². The average Bonchev–Trinajstić information content (AvgIpc) is 3.15. The van der Waals surface area contributed by atoms with Crippen LogP contribution in [0.2, 0.25) is 0 Å². The zero-order chi connectivity index (χ0) is 18.0. The third kappa shape index (κ3) is 4.60. The van der Waals surface area contributed by atoms with Gasteiger partial charge in [-0.25, -0.2) is 8.42 Å². The Morgan fingerprint density at radius 2 is 2.12 bits per heavy atom. The van der Waals surface area contributed by atoms with Crippen molar-refractivity contribution in [3.05, 3.63) is 35.2 Å². The lowest BCUT2D eigenvalue weighted by molar-refractivity contribution is -0.113. The van der Waals surface area contributed by atoms with E-state index in [1.807, 2.05) is 32.0 Å². The van der Waals surface area contributed by atoms with Gasteiger partial charge in [0.1, 0.15) is 0 Å². The molecule has 2 aromatic rings. The second-order valence-electron chi connectivity index (χ2n) is 6.14. The molecule has 1 aromatic heterocycles. The molecule has 1 atom stereocenters. The third-order valence-corrected chi connectivity index (χ3v) is 6.71. The molecule has 7 nitrogen and oxygen atoms in total. The highest BCUT2D eigenvalue weighted by atomic mass is 32.2. The highest BCUT2D eigenvalue weighted by molar-refractivity contribution is 7.99. The van der Waals surface area contributed by atoms with Crippen LogP contribution in [-0.2, 0) is 14.6 Å². The summed E-state index contributed by atoms with van der Waals surface area (Å²) < 4.78 is 28.5. The fraction of sp³-hybridized carbons (Fsp3) is 0.438. The summed E-state index contributed by atoms with van der Waals surface area (Å²) in [6.07, 6.45) is 0.502. The summed E-state index contributed by atoms with van der Waals surface area (Å²) in [4.78, 5) is 12.0. The van der Waals surface area contributed by atoms with Gasteiger partial charge in [0.25, 0.3) is 5.22 Å². The van der Waals surface area contributed by atoms with Crippen LogP contribution in [0.3, 0.4) is 0 Å². The maximum Gasteiger partial charge on any atom is 0.277 e. The number of nitrogens with zero attached hydrogens (tertiary/aromatic N) is 2. The van der Waals surface area contributed by atoms with Crippen molar-refractivity contribution < 1.29 is 17.6 Å². The normalized spacial score (nSPS) is 19.0. The molecule has 134 valence electrons. The number of hydrogen-bond acceptors (Lipinski definition) is 7. The van der Waals surface area contributed by atoms with Crippen LogP contribution in [0.1, 0.15) is 29.4 Å². The zero-order valence-electron chi connectivity index (χ0n) is 14.0. The van der Waals surface area contributed by atoms with Crippen molar-refractivity contribution >= 4 is 33.2 Å². The average molecular weight is 381 g/mol. The van der Waals surface area contributed by atoms with E-state index in [4.69, 9.17) is 4.42 Å². The molecule has 1 aliphatic rings. The third-order valence-electron chi connectivity index (χ3n) is 4.12. The summed E-state index contributed by atoms with van der Waals surface area (Å²) in [5.41, 5.74) is 3.02. The molecular weight excluding hydrogens is 362 g/mol. The molecule has 9 heteroatoms. The topological polar surface area (TPSA) is 102 Å².